The van der Waals surface area contributed by atoms with Crippen molar-refractivity contribution < 1.29 is 43.9 Å². The van der Waals surface area contributed by atoms with Crippen molar-refractivity contribution in [2.24, 2.45) is 0 Å². The summed E-state index contributed by atoms with van der Waals surface area (Å²) in [6.07, 6.45) is 0. The number of benzene rings is 3. The van der Waals surface area contributed by atoms with Crippen LogP contribution in [0.5, 0.6) is 0 Å². The Labute approximate surface area is 204 Å². The zero-order valence-corrected chi connectivity index (χ0v) is 19.6. The van der Waals surface area contributed by atoms with Crippen molar-refractivity contribution in [2.75, 3.05) is 20.4 Å². The molecule has 3 rings (SSSR count). The third kappa shape index (κ3) is 14.0. The van der Waals surface area contributed by atoms with Gasteiger partial charge in [-0.15, -0.1) is 0 Å². The van der Waals surface area contributed by atoms with Crippen molar-refractivity contribution in [1.82, 2.24) is 0 Å². The van der Waals surface area contributed by atoms with Gasteiger partial charge in [-0.1, -0.05) is 68.4 Å². The standard InChI is InChI=1S/3C8H8O3.C2H6/c3*9-6-11-8(10)7-4-2-1-3-5-7;1-2/h3*1-5,9H,6H2;1-2H3. The first-order valence-corrected chi connectivity index (χ1v) is 10.5. The lowest BCUT2D eigenvalue weighted by molar-refractivity contribution is 0.00570. The predicted octanol–water partition coefficient (Wildman–Crippen LogP) is 3.41. The summed E-state index contributed by atoms with van der Waals surface area (Å²) >= 11 is 0. The number of rotatable bonds is 6. The van der Waals surface area contributed by atoms with Gasteiger partial charge in [0.15, 0.2) is 20.4 Å². The van der Waals surface area contributed by atoms with Crippen LogP contribution in [-0.2, 0) is 14.2 Å². The van der Waals surface area contributed by atoms with Crippen LogP contribution in [-0.4, -0.2) is 53.6 Å². The molecule has 9 heteroatoms. The molecular formula is C26H30O9. The highest BCUT2D eigenvalue weighted by Gasteiger charge is 2.04. The van der Waals surface area contributed by atoms with E-state index in [1.54, 1.807) is 91.0 Å². The summed E-state index contributed by atoms with van der Waals surface area (Å²) in [5.74, 6) is -1.52. The molecule has 0 heterocycles. The van der Waals surface area contributed by atoms with Crippen LogP contribution in [0.1, 0.15) is 44.9 Å². The van der Waals surface area contributed by atoms with Crippen LogP contribution in [0, 0.1) is 0 Å². The van der Waals surface area contributed by atoms with E-state index in [1.807, 2.05) is 13.8 Å². The van der Waals surface area contributed by atoms with Crippen molar-refractivity contribution in [2.45, 2.75) is 13.8 Å². The Morgan fingerprint density at radius 3 is 0.857 bits per heavy atom. The van der Waals surface area contributed by atoms with E-state index in [9.17, 15) is 14.4 Å². The monoisotopic (exact) mass is 486 g/mol. The number of carbonyl (C=O) groups excluding carboxylic acids is 3. The summed E-state index contributed by atoms with van der Waals surface area (Å²) in [5.41, 5.74) is 1.34. The second-order valence-corrected chi connectivity index (χ2v) is 5.78. The van der Waals surface area contributed by atoms with Gasteiger partial charge in [-0.2, -0.15) is 0 Å². The molecule has 35 heavy (non-hydrogen) atoms. The molecule has 0 saturated heterocycles. The van der Waals surface area contributed by atoms with E-state index in [1.165, 1.54) is 0 Å². The summed E-state index contributed by atoms with van der Waals surface area (Å²) in [6.45, 7) is 2.27. The fraction of sp³-hybridized carbons (Fsp3) is 0.192. The molecule has 0 aromatic heterocycles. The highest BCUT2D eigenvalue weighted by atomic mass is 16.6. The molecule has 0 amide bonds. The first-order chi connectivity index (χ1) is 17.0. The van der Waals surface area contributed by atoms with Crippen LogP contribution < -0.4 is 0 Å². The van der Waals surface area contributed by atoms with Crippen LogP contribution >= 0.6 is 0 Å². The zero-order valence-electron chi connectivity index (χ0n) is 19.6. The topological polar surface area (TPSA) is 140 Å². The SMILES string of the molecule is CC.O=C(OCO)c1ccccc1.O=C(OCO)c1ccccc1.O=C(OCO)c1ccccc1. The van der Waals surface area contributed by atoms with E-state index in [-0.39, 0.29) is 0 Å². The van der Waals surface area contributed by atoms with Crippen LogP contribution in [0.25, 0.3) is 0 Å². The summed E-state index contributed by atoms with van der Waals surface area (Å²) in [5, 5.41) is 24.8. The first kappa shape index (κ1) is 30.9. The van der Waals surface area contributed by atoms with Gasteiger partial charge in [0.2, 0.25) is 0 Å². The number of esters is 3. The molecule has 0 aliphatic carbocycles. The van der Waals surface area contributed by atoms with E-state index in [0.29, 0.717) is 16.7 Å². The van der Waals surface area contributed by atoms with Gasteiger partial charge in [0, 0.05) is 0 Å². The van der Waals surface area contributed by atoms with E-state index in [2.05, 4.69) is 14.2 Å². The molecular weight excluding hydrogens is 456 g/mol. The summed E-state index contributed by atoms with van der Waals surface area (Å²) in [7, 11) is 0. The highest BCUT2D eigenvalue weighted by Crippen LogP contribution is 2.01. The maximum atomic E-state index is 10.9. The lowest BCUT2D eigenvalue weighted by atomic mass is 10.2. The van der Waals surface area contributed by atoms with E-state index in [0.717, 1.165) is 0 Å². The van der Waals surface area contributed by atoms with Crippen molar-refractivity contribution in [3.8, 4) is 0 Å². The third-order valence-electron chi connectivity index (χ3n) is 3.62. The summed E-state index contributed by atoms with van der Waals surface area (Å²) in [6, 6.07) is 25.5. The average Bonchev–Trinajstić information content (AvgIpc) is 2.92. The molecule has 3 aromatic carbocycles. The Balaban J connectivity index is 0.000000478. The maximum absolute atomic E-state index is 10.9. The Morgan fingerprint density at radius 1 is 0.486 bits per heavy atom. The molecule has 3 N–H and O–H groups in total. The Morgan fingerprint density at radius 2 is 0.686 bits per heavy atom. The van der Waals surface area contributed by atoms with Crippen molar-refractivity contribution in [1.29, 1.82) is 0 Å². The van der Waals surface area contributed by atoms with Crippen molar-refractivity contribution in [3.63, 3.8) is 0 Å². The van der Waals surface area contributed by atoms with Gasteiger partial charge >= 0.3 is 17.9 Å². The van der Waals surface area contributed by atoms with Crippen LogP contribution in [0.2, 0.25) is 0 Å². The number of ether oxygens (including phenoxy) is 3. The van der Waals surface area contributed by atoms with Crippen LogP contribution in [0.4, 0.5) is 0 Å². The minimum atomic E-state index is -0.576. The molecule has 0 bridgehead atoms. The fourth-order valence-electron chi connectivity index (χ4n) is 2.15. The zero-order chi connectivity index (χ0) is 26.3. The van der Waals surface area contributed by atoms with Gasteiger partial charge in [0.25, 0.3) is 0 Å². The number of hydrogen-bond acceptors (Lipinski definition) is 9. The number of aliphatic hydroxyl groups is 3. The highest BCUT2D eigenvalue weighted by molar-refractivity contribution is 5.90. The van der Waals surface area contributed by atoms with Crippen molar-refractivity contribution in [3.05, 3.63) is 108 Å². The third-order valence-corrected chi connectivity index (χ3v) is 3.62. The summed E-state index contributed by atoms with van der Waals surface area (Å²) < 4.78 is 13.0. The molecule has 0 radical (unpaired) electrons. The molecule has 3 aromatic rings. The van der Waals surface area contributed by atoms with E-state index in [4.69, 9.17) is 15.3 Å². The first-order valence-electron chi connectivity index (χ1n) is 10.5. The van der Waals surface area contributed by atoms with Crippen LogP contribution in [0.3, 0.4) is 0 Å². The van der Waals surface area contributed by atoms with Gasteiger partial charge in [-0.25, -0.2) is 14.4 Å². The molecule has 0 aliphatic rings. The number of hydrogen-bond donors (Lipinski definition) is 3. The quantitative estimate of drug-likeness (QED) is 0.272. The lowest BCUT2D eigenvalue weighted by Crippen LogP contribution is -2.04. The summed E-state index contributed by atoms with van der Waals surface area (Å²) in [4.78, 5) is 32.6. The van der Waals surface area contributed by atoms with Gasteiger partial charge in [0.1, 0.15) is 0 Å². The fourth-order valence-corrected chi connectivity index (χ4v) is 2.15. The normalized spacial score (nSPS) is 8.83. The minimum absolute atomic E-state index is 0.446. The molecule has 188 valence electrons. The van der Waals surface area contributed by atoms with Gasteiger partial charge in [0.05, 0.1) is 16.7 Å². The molecule has 0 aliphatic heterocycles. The molecule has 0 atom stereocenters. The lowest BCUT2D eigenvalue weighted by Gasteiger charge is -1.98. The van der Waals surface area contributed by atoms with Gasteiger partial charge in [-0.3, -0.25) is 0 Å². The van der Waals surface area contributed by atoms with Crippen molar-refractivity contribution >= 4 is 17.9 Å². The second-order valence-electron chi connectivity index (χ2n) is 5.78. The van der Waals surface area contributed by atoms with E-state index < -0.39 is 38.3 Å². The maximum Gasteiger partial charge on any atom is 0.340 e. The van der Waals surface area contributed by atoms with Crippen LogP contribution in [0.15, 0.2) is 91.0 Å². The molecule has 0 unspecified atom stereocenters. The smallest absolute Gasteiger partial charge is 0.340 e. The number of aliphatic hydroxyl groups excluding tert-OH is 3. The molecule has 0 fully saturated rings. The Bertz CT molecular complexity index is 819. The van der Waals surface area contributed by atoms with Gasteiger partial charge < -0.3 is 29.5 Å². The Kier molecular flexibility index (Phi) is 18.2. The Hall–Kier alpha value is -4.05. The molecule has 9 nitrogen and oxygen atoms in total. The molecule has 0 spiro atoms. The minimum Gasteiger partial charge on any atom is -0.435 e. The number of carbonyl (C=O) groups is 3. The van der Waals surface area contributed by atoms with Gasteiger partial charge in [-0.05, 0) is 36.4 Å². The average molecular weight is 487 g/mol. The van der Waals surface area contributed by atoms with E-state index >= 15 is 0 Å². The largest absolute Gasteiger partial charge is 0.435 e. The second kappa shape index (κ2) is 20.5. The molecule has 0 saturated carbocycles. The predicted molar refractivity (Wildman–Crippen MR) is 128 cm³/mol.